The van der Waals surface area contributed by atoms with Gasteiger partial charge in [-0.25, -0.2) is 4.98 Å². The number of nitrogens with zero attached hydrogens (tertiary/aromatic N) is 3. The number of rotatable bonds is 2. The van der Waals surface area contributed by atoms with Crippen molar-refractivity contribution in [2.45, 2.75) is 6.54 Å². The van der Waals surface area contributed by atoms with Crippen LogP contribution < -0.4 is 5.73 Å². The third-order valence-electron chi connectivity index (χ3n) is 2.83. The van der Waals surface area contributed by atoms with E-state index < -0.39 is 0 Å². The van der Waals surface area contributed by atoms with Gasteiger partial charge in [-0.15, -0.1) is 0 Å². The molecule has 0 amide bonds. The number of aromatic nitrogens is 3. The van der Waals surface area contributed by atoms with Gasteiger partial charge in [-0.3, -0.25) is 4.98 Å². The number of hydrogen-bond donors (Lipinski definition) is 1. The van der Waals surface area contributed by atoms with E-state index >= 15 is 0 Å². The molecule has 1 aromatic carbocycles. The lowest BCUT2D eigenvalue weighted by Gasteiger charge is -2.06. The fraction of sp³-hybridized carbons (Fsp3) is 0.0769. The minimum absolute atomic E-state index is 0.515. The van der Waals surface area contributed by atoms with Crippen LogP contribution in [0.25, 0.3) is 11.0 Å². The molecule has 0 aliphatic heterocycles. The Labute approximate surface area is 113 Å². The van der Waals surface area contributed by atoms with Gasteiger partial charge < -0.3 is 10.3 Å². The first-order valence-corrected chi connectivity index (χ1v) is 6.33. The van der Waals surface area contributed by atoms with Crippen molar-refractivity contribution in [1.82, 2.24) is 14.5 Å². The molecule has 4 nitrogen and oxygen atoms in total. The topological polar surface area (TPSA) is 56.7 Å². The maximum absolute atomic E-state index is 5.95. The number of pyridine rings is 1. The first-order chi connectivity index (χ1) is 8.74. The summed E-state index contributed by atoms with van der Waals surface area (Å²) in [5.41, 5.74) is 8.96. The Bertz CT molecular complexity index is 688. The quantitative estimate of drug-likeness (QED) is 0.792. The predicted octanol–water partition coefficient (Wildman–Crippen LogP) is 2.82. The zero-order chi connectivity index (χ0) is 12.5. The second-order valence-corrected chi connectivity index (χ2v) is 4.96. The number of fused-ring (bicyclic) bond motifs is 1. The normalized spacial score (nSPS) is 10.9. The molecule has 3 aromatic rings. The van der Waals surface area contributed by atoms with Crippen molar-refractivity contribution in [2.24, 2.45) is 0 Å². The van der Waals surface area contributed by atoms with E-state index in [1.54, 1.807) is 12.4 Å². The minimum atomic E-state index is 0.515. The molecule has 18 heavy (non-hydrogen) atoms. The number of benzene rings is 1. The van der Waals surface area contributed by atoms with E-state index in [0.29, 0.717) is 12.5 Å². The van der Waals surface area contributed by atoms with E-state index in [4.69, 9.17) is 5.73 Å². The maximum Gasteiger partial charge on any atom is 0.201 e. The molecule has 2 heterocycles. The zero-order valence-corrected chi connectivity index (χ0v) is 11.1. The van der Waals surface area contributed by atoms with Crippen LogP contribution in [0.15, 0.2) is 47.2 Å². The van der Waals surface area contributed by atoms with E-state index in [1.807, 2.05) is 22.8 Å². The number of nitrogen functional groups attached to an aromatic ring is 1. The van der Waals surface area contributed by atoms with E-state index in [2.05, 4.69) is 38.0 Å². The third kappa shape index (κ3) is 1.97. The standard InChI is InChI=1S/C13H11BrN4/c14-10-3-1-9(2-4-10)8-18-12-5-6-16-7-11(12)17-13(18)15/h1-7H,8H2,(H2,15,17). The van der Waals surface area contributed by atoms with Crippen LogP contribution in [0.5, 0.6) is 0 Å². The SMILES string of the molecule is Nc1nc2cnccc2n1Cc1ccc(Br)cc1. The Morgan fingerprint density at radius 2 is 1.94 bits per heavy atom. The molecule has 0 spiro atoms. The molecule has 0 aliphatic carbocycles. The summed E-state index contributed by atoms with van der Waals surface area (Å²) >= 11 is 3.43. The van der Waals surface area contributed by atoms with Gasteiger partial charge in [-0.1, -0.05) is 28.1 Å². The molecular weight excluding hydrogens is 292 g/mol. The highest BCUT2D eigenvalue weighted by molar-refractivity contribution is 9.10. The molecule has 0 bridgehead atoms. The van der Waals surface area contributed by atoms with Crippen LogP contribution in [0.3, 0.4) is 0 Å². The highest BCUT2D eigenvalue weighted by atomic mass is 79.9. The van der Waals surface area contributed by atoms with Crippen LogP contribution in [0.2, 0.25) is 0 Å². The summed E-state index contributed by atoms with van der Waals surface area (Å²) in [5.74, 6) is 0.515. The summed E-state index contributed by atoms with van der Waals surface area (Å²) in [5, 5.41) is 0. The molecule has 0 atom stereocenters. The minimum Gasteiger partial charge on any atom is -0.369 e. The fourth-order valence-corrected chi connectivity index (χ4v) is 2.20. The number of nitrogens with two attached hydrogens (primary N) is 1. The van der Waals surface area contributed by atoms with Crippen molar-refractivity contribution in [1.29, 1.82) is 0 Å². The molecule has 0 saturated heterocycles. The van der Waals surface area contributed by atoms with Crippen LogP contribution >= 0.6 is 15.9 Å². The predicted molar refractivity (Wildman–Crippen MR) is 75.2 cm³/mol. The van der Waals surface area contributed by atoms with E-state index in [9.17, 15) is 0 Å². The lowest BCUT2D eigenvalue weighted by atomic mass is 10.2. The van der Waals surface area contributed by atoms with Gasteiger partial charge in [0.15, 0.2) is 0 Å². The number of hydrogen-bond acceptors (Lipinski definition) is 3. The molecule has 90 valence electrons. The smallest absolute Gasteiger partial charge is 0.201 e. The van der Waals surface area contributed by atoms with Gasteiger partial charge in [0.25, 0.3) is 0 Å². The average Bonchev–Trinajstić information content (AvgIpc) is 2.69. The van der Waals surface area contributed by atoms with Crippen molar-refractivity contribution in [2.75, 3.05) is 5.73 Å². The van der Waals surface area contributed by atoms with Crippen molar-refractivity contribution >= 4 is 32.9 Å². The summed E-state index contributed by atoms with van der Waals surface area (Å²) in [6, 6.07) is 10.1. The van der Waals surface area contributed by atoms with Crippen molar-refractivity contribution in [3.63, 3.8) is 0 Å². The molecule has 0 saturated carbocycles. The fourth-order valence-electron chi connectivity index (χ4n) is 1.94. The Morgan fingerprint density at radius 1 is 1.17 bits per heavy atom. The van der Waals surface area contributed by atoms with Crippen molar-refractivity contribution < 1.29 is 0 Å². The van der Waals surface area contributed by atoms with Gasteiger partial charge >= 0.3 is 0 Å². The molecule has 0 aliphatic rings. The highest BCUT2D eigenvalue weighted by Gasteiger charge is 2.07. The maximum atomic E-state index is 5.95. The van der Waals surface area contributed by atoms with Gasteiger partial charge in [0, 0.05) is 10.7 Å². The summed E-state index contributed by atoms with van der Waals surface area (Å²) in [7, 11) is 0. The molecule has 0 radical (unpaired) electrons. The molecule has 0 fully saturated rings. The lowest BCUT2D eigenvalue weighted by Crippen LogP contribution is -2.04. The van der Waals surface area contributed by atoms with E-state index in [0.717, 1.165) is 15.5 Å². The first-order valence-electron chi connectivity index (χ1n) is 5.54. The molecule has 2 aromatic heterocycles. The van der Waals surface area contributed by atoms with Gasteiger partial charge in [-0.05, 0) is 23.8 Å². The molecular formula is C13H11BrN4. The van der Waals surface area contributed by atoms with Crippen LogP contribution in [0.4, 0.5) is 5.95 Å². The van der Waals surface area contributed by atoms with Crippen LogP contribution in [-0.4, -0.2) is 14.5 Å². The average molecular weight is 303 g/mol. The summed E-state index contributed by atoms with van der Waals surface area (Å²) in [6.07, 6.45) is 3.48. The Hall–Kier alpha value is -1.88. The summed E-state index contributed by atoms with van der Waals surface area (Å²) in [6.45, 7) is 0.708. The molecule has 2 N–H and O–H groups in total. The van der Waals surface area contributed by atoms with Gasteiger partial charge in [0.05, 0.1) is 18.3 Å². The monoisotopic (exact) mass is 302 g/mol. The highest BCUT2D eigenvalue weighted by Crippen LogP contribution is 2.19. The Kier molecular flexibility index (Phi) is 2.76. The Balaban J connectivity index is 2.04. The van der Waals surface area contributed by atoms with Crippen molar-refractivity contribution in [3.8, 4) is 0 Å². The molecule has 3 rings (SSSR count). The largest absolute Gasteiger partial charge is 0.369 e. The summed E-state index contributed by atoms with van der Waals surface area (Å²) in [4.78, 5) is 8.34. The van der Waals surface area contributed by atoms with Crippen molar-refractivity contribution in [3.05, 3.63) is 52.8 Å². The van der Waals surface area contributed by atoms with Gasteiger partial charge in [-0.2, -0.15) is 0 Å². The Morgan fingerprint density at radius 3 is 2.72 bits per heavy atom. The van der Waals surface area contributed by atoms with Gasteiger partial charge in [0.1, 0.15) is 5.52 Å². The molecule has 0 unspecified atom stereocenters. The summed E-state index contributed by atoms with van der Waals surface area (Å²) < 4.78 is 3.05. The van der Waals surface area contributed by atoms with E-state index in [1.165, 1.54) is 5.56 Å². The lowest BCUT2D eigenvalue weighted by molar-refractivity contribution is 0.838. The number of anilines is 1. The van der Waals surface area contributed by atoms with E-state index in [-0.39, 0.29) is 0 Å². The van der Waals surface area contributed by atoms with Crippen LogP contribution in [-0.2, 0) is 6.54 Å². The first kappa shape index (κ1) is 11.2. The number of imidazole rings is 1. The van der Waals surface area contributed by atoms with Gasteiger partial charge in [0.2, 0.25) is 5.95 Å². The third-order valence-corrected chi connectivity index (χ3v) is 3.36. The second-order valence-electron chi connectivity index (χ2n) is 4.05. The van der Waals surface area contributed by atoms with Crippen LogP contribution in [0, 0.1) is 0 Å². The zero-order valence-electron chi connectivity index (χ0n) is 9.55. The van der Waals surface area contributed by atoms with Crippen LogP contribution in [0.1, 0.15) is 5.56 Å². The number of halogens is 1. The molecule has 5 heteroatoms. The second kappa shape index (κ2) is 4.42.